The van der Waals surface area contributed by atoms with Crippen molar-refractivity contribution in [1.82, 2.24) is 10.2 Å². The van der Waals surface area contributed by atoms with E-state index in [0.29, 0.717) is 21.7 Å². The summed E-state index contributed by atoms with van der Waals surface area (Å²) in [6.07, 6.45) is 0. The molecule has 1 N–H and O–H groups in total. The zero-order chi connectivity index (χ0) is 21.6. The lowest BCUT2D eigenvalue weighted by atomic mass is 10.1. The summed E-state index contributed by atoms with van der Waals surface area (Å²) in [6.45, 7) is 2.00. The van der Waals surface area contributed by atoms with Gasteiger partial charge in [0.2, 0.25) is 11.8 Å². The number of benzene rings is 1. The van der Waals surface area contributed by atoms with Crippen LogP contribution in [-0.2, 0) is 9.53 Å². The van der Waals surface area contributed by atoms with Crippen LogP contribution in [0.25, 0.3) is 21.9 Å². The van der Waals surface area contributed by atoms with Crippen LogP contribution in [0, 0.1) is 0 Å². The van der Waals surface area contributed by atoms with Gasteiger partial charge in [-0.2, -0.15) is 0 Å². The molecule has 4 aromatic rings. The molecule has 3 aromatic heterocycles. The van der Waals surface area contributed by atoms with Gasteiger partial charge in [-0.15, -0.1) is 32.9 Å². The Morgan fingerprint density at radius 2 is 1.97 bits per heavy atom. The van der Waals surface area contributed by atoms with E-state index in [9.17, 15) is 9.59 Å². The quantitative estimate of drug-likeness (QED) is 0.270. The first-order chi connectivity index (χ1) is 15.2. The molecule has 158 valence electrons. The Kier molecular flexibility index (Phi) is 6.80. The Bertz CT molecular complexity index is 1170. The van der Waals surface area contributed by atoms with Gasteiger partial charge in [0.1, 0.15) is 10.6 Å². The lowest BCUT2D eigenvalue weighted by Gasteiger charge is -2.07. The maximum atomic E-state index is 12.5. The number of nitrogens with one attached hydrogen (secondary N) is 1. The molecule has 4 rings (SSSR count). The van der Waals surface area contributed by atoms with Gasteiger partial charge in [-0.05, 0) is 30.5 Å². The van der Waals surface area contributed by atoms with Crippen LogP contribution in [0.2, 0.25) is 0 Å². The van der Waals surface area contributed by atoms with E-state index >= 15 is 0 Å². The number of carbonyl (C=O) groups is 2. The van der Waals surface area contributed by atoms with Gasteiger partial charge in [0, 0.05) is 21.4 Å². The van der Waals surface area contributed by atoms with Gasteiger partial charge >= 0.3 is 5.97 Å². The van der Waals surface area contributed by atoms with Crippen LogP contribution >= 0.6 is 34.4 Å². The molecule has 3 heterocycles. The Balaban J connectivity index is 1.44. The monoisotopic (exact) mass is 471 g/mol. The number of ether oxygens (including phenoxy) is 1. The second-order valence-electron chi connectivity index (χ2n) is 6.13. The van der Waals surface area contributed by atoms with Crippen LogP contribution < -0.4 is 5.32 Å². The largest absolute Gasteiger partial charge is 0.462 e. The van der Waals surface area contributed by atoms with E-state index in [1.807, 2.05) is 53.2 Å². The summed E-state index contributed by atoms with van der Waals surface area (Å²) in [5.41, 5.74) is 1.94. The molecule has 0 unspecified atom stereocenters. The van der Waals surface area contributed by atoms with Crippen molar-refractivity contribution in [2.24, 2.45) is 0 Å². The second-order valence-corrected chi connectivity index (χ2v) is 8.88. The maximum absolute atomic E-state index is 12.5. The molecule has 0 saturated carbocycles. The molecule has 0 aliphatic heterocycles. The van der Waals surface area contributed by atoms with Crippen LogP contribution in [0.1, 0.15) is 17.3 Å². The molecule has 0 spiro atoms. The number of thiophene rings is 2. The average molecular weight is 472 g/mol. The number of hydrogen-bond donors (Lipinski definition) is 1. The Labute approximate surface area is 190 Å². The molecule has 7 nitrogen and oxygen atoms in total. The van der Waals surface area contributed by atoms with Gasteiger partial charge in [-0.3, -0.25) is 4.79 Å². The summed E-state index contributed by atoms with van der Waals surface area (Å²) >= 11 is 3.94. The molecule has 10 heteroatoms. The number of amides is 1. The first-order valence-electron chi connectivity index (χ1n) is 9.29. The molecule has 1 amide bonds. The Morgan fingerprint density at radius 3 is 2.71 bits per heavy atom. The smallest absolute Gasteiger partial charge is 0.341 e. The fraction of sp³-hybridized carbons (Fsp3) is 0.143. The predicted octanol–water partition coefficient (Wildman–Crippen LogP) is 5.43. The van der Waals surface area contributed by atoms with E-state index in [1.165, 1.54) is 22.7 Å². The molecule has 0 aliphatic carbocycles. The number of esters is 1. The van der Waals surface area contributed by atoms with Crippen molar-refractivity contribution >= 4 is 51.3 Å². The number of carbonyl (C=O) groups excluding carboxylic acids is 2. The van der Waals surface area contributed by atoms with Crippen molar-refractivity contribution in [1.29, 1.82) is 0 Å². The molecule has 1 aromatic carbocycles. The average Bonchev–Trinajstić information content (AvgIpc) is 3.53. The van der Waals surface area contributed by atoms with Gasteiger partial charge < -0.3 is 14.5 Å². The van der Waals surface area contributed by atoms with Gasteiger partial charge in [0.25, 0.3) is 5.22 Å². The van der Waals surface area contributed by atoms with E-state index in [-0.39, 0.29) is 18.3 Å². The van der Waals surface area contributed by atoms with E-state index < -0.39 is 5.97 Å². The number of thioether (sulfide) groups is 1. The summed E-state index contributed by atoms with van der Waals surface area (Å²) < 4.78 is 10.8. The number of aromatic nitrogens is 2. The minimum atomic E-state index is -0.459. The summed E-state index contributed by atoms with van der Waals surface area (Å²) in [4.78, 5) is 26.0. The third kappa shape index (κ3) is 5.04. The van der Waals surface area contributed by atoms with Gasteiger partial charge in [0.15, 0.2) is 0 Å². The summed E-state index contributed by atoms with van der Waals surface area (Å²) in [5.74, 6) is -0.286. The zero-order valence-corrected chi connectivity index (χ0v) is 18.8. The van der Waals surface area contributed by atoms with Crippen molar-refractivity contribution < 1.29 is 18.7 Å². The highest BCUT2D eigenvalue weighted by atomic mass is 32.2. The van der Waals surface area contributed by atoms with Crippen LogP contribution in [0.15, 0.2) is 62.9 Å². The van der Waals surface area contributed by atoms with Crippen molar-refractivity contribution in [3.8, 4) is 21.9 Å². The predicted molar refractivity (Wildman–Crippen MR) is 123 cm³/mol. The Hall–Kier alpha value is -2.95. The van der Waals surface area contributed by atoms with Crippen molar-refractivity contribution in [2.75, 3.05) is 17.7 Å². The second kappa shape index (κ2) is 9.90. The highest BCUT2D eigenvalue weighted by molar-refractivity contribution is 7.99. The highest BCUT2D eigenvalue weighted by Crippen LogP contribution is 2.38. The maximum Gasteiger partial charge on any atom is 0.341 e. The van der Waals surface area contributed by atoms with Crippen molar-refractivity contribution in [3.63, 3.8) is 0 Å². The molecule has 0 aliphatic rings. The van der Waals surface area contributed by atoms with Gasteiger partial charge in [-0.25, -0.2) is 4.79 Å². The summed E-state index contributed by atoms with van der Waals surface area (Å²) in [7, 11) is 0. The number of nitrogens with zero attached hydrogens (tertiary/aromatic N) is 2. The number of anilines is 1. The fourth-order valence-corrected chi connectivity index (χ4v) is 5.08. The normalized spacial score (nSPS) is 10.7. The van der Waals surface area contributed by atoms with E-state index in [4.69, 9.17) is 9.15 Å². The minimum absolute atomic E-state index is 0.0604. The Morgan fingerprint density at radius 1 is 1.13 bits per heavy atom. The molecule has 0 bridgehead atoms. The molecular formula is C21H17N3O4S3. The third-order valence-electron chi connectivity index (χ3n) is 4.06. The molecule has 0 fully saturated rings. The summed E-state index contributed by atoms with van der Waals surface area (Å²) in [5, 5.41) is 15.3. The minimum Gasteiger partial charge on any atom is -0.462 e. The third-order valence-corrected chi connectivity index (χ3v) is 6.68. The molecule has 0 radical (unpaired) electrons. The van der Waals surface area contributed by atoms with Crippen molar-refractivity contribution in [2.45, 2.75) is 12.1 Å². The van der Waals surface area contributed by atoms with Crippen LogP contribution in [0.4, 0.5) is 5.00 Å². The van der Waals surface area contributed by atoms with Crippen LogP contribution in [0.5, 0.6) is 0 Å². The first kappa shape index (κ1) is 21.3. The number of hydrogen-bond acceptors (Lipinski definition) is 9. The number of rotatable bonds is 8. The topological polar surface area (TPSA) is 94.3 Å². The molecule has 31 heavy (non-hydrogen) atoms. The zero-order valence-electron chi connectivity index (χ0n) is 16.4. The highest BCUT2D eigenvalue weighted by Gasteiger charge is 2.23. The van der Waals surface area contributed by atoms with E-state index in [2.05, 4.69) is 15.5 Å². The van der Waals surface area contributed by atoms with Gasteiger partial charge in [0.05, 0.1) is 12.4 Å². The van der Waals surface area contributed by atoms with Crippen LogP contribution in [0.3, 0.4) is 0 Å². The standard InChI is InChI=1S/C21H17N3O4S3/c1-2-27-20(26)17-14(15-9-6-10-29-15)11-30-19(17)22-16(25)12-31-21-24-23-18(28-21)13-7-4-3-5-8-13/h3-11H,2,12H2,1H3,(H,22,25). The van der Waals surface area contributed by atoms with Crippen LogP contribution in [-0.4, -0.2) is 34.4 Å². The van der Waals surface area contributed by atoms with Crippen molar-refractivity contribution in [3.05, 3.63) is 58.8 Å². The molecule has 0 saturated heterocycles. The van der Waals surface area contributed by atoms with E-state index in [0.717, 1.165) is 27.8 Å². The molecule has 0 atom stereocenters. The summed E-state index contributed by atoms with van der Waals surface area (Å²) in [6, 6.07) is 13.2. The lowest BCUT2D eigenvalue weighted by Crippen LogP contribution is -2.16. The molecular weight excluding hydrogens is 454 g/mol. The van der Waals surface area contributed by atoms with E-state index in [1.54, 1.807) is 6.92 Å². The van der Waals surface area contributed by atoms with Gasteiger partial charge in [-0.1, -0.05) is 36.0 Å². The lowest BCUT2D eigenvalue weighted by molar-refractivity contribution is -0.113. The SMILES string of the molecule is CCOC(=O)c1c(-c2cccs2)csc1NC(=O)CSc1nnc(-c2ccccc2)o1. The first-order valence-corrected chi connectivity index (χ1v) is 12.0. The fourth-order valence-electron chi connectivity index (χ4n) is 2.72.